The van der Waals surface area contributed by atoms with Crippen molar-refractivity contribution in [3.8, 4) is 0 Å². The second kappa shape index (κ2) is 6.33. The molecule has 116 valence electrons. The van der Waals surface area contributed by atoms with Gasteiger partial charge in [0.2, 0.25) is 10.0 Å². The number of rotatable bonds is 3. The van der Waals surface area contributed by atoms with Gasteiger partial charge in [0.1, 0.15) is 5.82 Å². The van der Waals surface area contributed by atoms with Gasteiger partial charge in [-0.25, -0.2) is 17.6 Å². The van der Waals surface area contributed by atoms with Gasteiger partial charge in [-0.1, -0.05) is 0 Å². The zero-order valence-corrected chi connectivity index (χ0v) is 13.1. The van der Waals surface area contributed by atoms with Crippen LogP contribution < -0.4 is 0 Å². The molecule has 1 N–H and O–H groups in total. The molecule has 0 spiro atoms. The summed E-state index contributed by atoms with van der Waals surface area (Å²) in [5, 5.41) is 8.97. The maximum Gasteiger partial charge on any atom is 0.335 e. The third-order valence-corrected chi connectivity index (χ3v) is 6.42. The van der Waals surface area contributed by atoms with Crippen molar-refractivity contribution in [2.75, 3.05) is 24.6 Å². The first kappa shape index (κ1) is 16.3. The Morgan fingerprint density at radius 3 is 2.71 bits per heavy atom. The Morgan fingerprint density at radius 2 is 2.05 bits per heavy atom. The van der Waals surface area contributed by atoms with Gasteiger partial charge >= 0.3 is 5.97 Å². The van der Waals surface area contributed by atoms with E-state index in [-0.39, 0.29) is 16.0 Å². The fraction of sp³-hybridized carbons (Fsp3) is 0.462. The van der Waals surface area contributed by atoms with Crippen LogP contribution in [0, 0.1) is 12.7 Å². The highest BCUT2D eigenvalue weighted by molar-refractivity contribution is 7.99. The molecule has 0 atom stereocenters. The topological polar surface area (TPSA) is 74.7 Å². The molecular formula is C13H16FNO4S2. The van der Waals surface area contributed by atoms with Crippen LogP contribution in [0.4, 0.5) is 4.39 Å². The van der Waals surface area contributed by atoms with E-state index < -0.39 is 21.8 Å². The number of aromatic carboxylic acids is 1. The third kappa shape index (κ3) is 3.38. The van der Waals surface area contributed by atoms with Crippen molar-refractivity contribution in [3.63, 3.8) is 0 Å². The molecule has 0 radical (unpaired) electrons. The summed E-state index contributed by atoms with van der Waals surface area (Å²) in [6, 6.07) is 1.88. The van der Waals surface area contributed by atoms with E-state index in [4.69, 9.17) is 5.11 Å². The molecule has 0 amide bonds. The van der Waals surface area contributed by atoms with E-state index in [2.05, 4.69) is 0 Å². The third-order valence-electron chi connectivity index (χ3n) is 3.34. The van der Waals surface area contributed by atoms with Crippen LogP contribution in [0.25, 0.3) is 0 Å². The van der Waals surface area contributed by atoms with E-state index in [1.54, 1.807) is 11.8 Å². The smallest absolute Gasteiger partial charge is 0.335 e. The molecule has 0 bridgehead atoms. The Bertz CT molecular complexity index is 652. The SMILES string of the molecule is Cc1c(F)cc(C(=O)O)cc1S(=O)(=O)N1CCCSCC1. The number of carbonyl (C=O) groups is 1. The van der Waals surface area contributed by atoms with E-state index in [1.807, 2.05) is 0 Å². The summed E-state index contributed by atoms with van der Waals surface area (Å²) >= 11 is 1.67. The molecule has 0 unspecified atom stereocenters. The summed E-state index contributed by atoms with van der Waals surface area (Å²) in [5.41, 5.74) is -0.405. The van der Waals surface area contributed by atoms with Crippen molar-refractivity contribution in [2.45, 2.75) is 18.2 Å². The Kier molecular flexibility index (Phi) is 4.90. The summed E-state index contributed by atoms with van der Waals surface area (Å²) < 4.78 is 40.4. The molecule has 0 aromatic heterocycles. The number of hydrogen-bond acceptors (Lipinski definition) is 4. The fourth-order valence-electron chi connectivity index (χ4n) is 2.15. The van der Waals surface area contributed by atoms with E-state index in [1.165, 1.54) is 11.2 Å². The van der Waals surface area contributed by atoms with Gasteiger partial charge in [0.05, 0.1) is 10.5 Å². The minimum Gasteiger partial charge on any atom is -0.478 e. The average Bonchev–Trinajstić information content (AvgIpc) is 2.70. The van der Waals surface area contributed by atoms with Crippen LogP contribution in [0.15, 0.2) is 17.0 Å². The second-order valence-electron chi connectivity index (χ2n) is 4.76. The van der Waals surface area contributed by atoms with E-state index in [0.29, 0.717) is 18.8 Å². The summed E-state index contributed by atoms with van der Waals surface area (Å²) in [6.07, 6.45) is 0.726. The van der Waals surface area contributed by atoms with Crippen molar-refractivity contribution in [2.24, 2.45) is 0 Å². The Balaban J connectivity index is 2.50. The van der Waals surface area contributed by atoms with Gasteiger partial charge in [0, 0.05) is 24.4 Å². The lowest BCUT2D eigenvalue weighted by molar-refractivity contribution is 0.0696. The highest BCUT2D eigenvalue weighted by Crippen LogP contribution is 2.25. The molecule has 1 saturated heterocycles. The standard InChI is InChI=1S/C13H16FNO4S2/c1-9-11(14)7-10(13(16)17)8-12(9)21(18,19)15-3-2-5-20-6-4-15/h7-8H,2-6H2,1H3,(H,16,17). The molecule has 1 aliphatic heterocycles. The number of hydrogen-bond donors (Lipinski definition) is 1. The first-order valence-electron chi connectivity index (χ1n) is 6.45. The molecule has 5 nitrogen and oxygen atoms in total. The van der Waals surface area contributed by atoms with Crippen molar-refractivity contribution in [1.29, 1.82) is 0 Å². The number of halogens is 1. The highest BCUT2D eigenvalue weighted by Gasteiger charge is 2.29. The summed E-state index contributed by atoms with van der Waals surface area (Å²) in [7, 11) is -3.88. The predicted octanol–water partition coefficient (Wildman–Crippen LogP) is 1.96. The number of nitrogens with zero attached hydrogens (tertiary/aromatic N) is 1. The zero-order valence-electron chi connectivity index (χ0n) is 11.5. The number of sulfonamides is 1. The minimum atomic E-state index is -3.88. The Hall–Kier alpha value is -1.12. The molecule has 0 saturated carbocycles. The highest BCUT2D eigenvalue weighted by atomic mass is 32.2. The molecule has 1 aromatic rings. The molecular weight excluding hydrogens is 317 g/mol. The number of benzene rings is 1. The monoisotopic (exact) mass is 333 g/mol. The van der Waals surface area contributed by atoms with Gasteiger partial charge in [0.25, 0.3) is 0 Å². The minimum absolute atomic E-state index is 0.0445. The lowest BCUT2D eigenvalue weighted by Gasteiger charge is -2.21. The first-order chi connectivity index (χ1) is 9.84. The van der Waals surface area contributed by atoms with E-state index in [0.717, 1.165) is 24.3 Å². The van der Waals surface area contributed by atoms with Crippen LogP contribution in [0.2, 0.25) is 0 Å². The van der Waals surface area contributed by atoms with Crippen LogP contribution in [0.1, 0.15) is 22.3 Å². The number of carboxylic acid groups (broad SMARTS) is 1. The van der Waals surface area contributed by atoms with Gasteiger partial charge in [-0.2, -0.15) is 16.1 Å². The molecule has 1 heterocycles. The van der Waals surface area contributed by atoms with E-state index >= 15 is 0 Å². The summed E-state index contributed by atoms with van der Waals surface area (Å²) in [4.78, 5) is 10.7. The molecule has 21 heavy (non-hydrogen) atoms. The maximum atomic E-state index is 13.8. The normalized spacial score (nSPS) is 17.4. The summed E-state index contributed by atoms with van der Waals surface area (Å²) in [6.45, 7) is 2.07. The molecule has 2 rings (SSSR count). The predicted molar refractivity (Wildman–Crippen MR) is 78.8 cm³/mol. The Labute approximate surface area is 127 Å². The Morgan fingerprint density at radius 1 is 1.33 bits per heavy atom. The largest absolute Gasteiger partial charge is 0.478 e. The first-order valence-corrected chi connectivity index (χ1v) is 9.05. The van der Waals surface area contributed by atoms with Crippen LogP contribution >= 0.6 is 11.8 Å². The maximum absolute atomic E-state index is 13.8. The van der Waals surface area contributed by atoms with Crippen LogP contribution in [-0.4, -0.2) is 48.4 Å². The van der Waals surface area contributed by atoms with Crippen molar-refractivity contribution >= 4 is 27.8 Å². The zero-order chi connectivity index (χ0) is 15.6. The second-order valence-corrected chi connectivity index (χ2v) is 7.89. The number of thioether (sulfide) groups is 1. The molecule has 1 aliphatic rings. The molecule has 0 aliphatic carbocycles. The lowest BCUT2D eigenvalue weighted by Crippen LogP contribution is -2.33. The fourth-order valence-corrected chi connectivity index (χ4v) is 4.89. The van der Waals surface area contributed by atoms with Crippen LogP contribution in [-0.2, 0) is 10.0 Å². The van der Waals surface area contributed by atoms with Gasteiger partial charge in [-0.3, -0.25) is 0 Å². The van der Waals surface area contributed by atoms with Gasteiger partial charge in [-0.15, -0.1) is 0 Å². The quantitative estimate of drug-likeness (QED) is 0.915. The number of carboxylic acids is 1. The van der Waals surface area contributed by atoms with E-state index in [9.17, 15) is 17.6 Å². The van der Waals surface area contributed by atoms with Gasteiger partial charge in [-0.05, 0) is 31.2 Å². The lowest BCUT2D eigenvalue weighted by atomic mass is 10.1. The van der Waals surface area contributed by atoms with Crippen molar-refractivity contribution < 1.29 is 22.7 Å². The van der Waals surface area contributed by atoms with Crippen molar-refractivity contribution in [3.05, 3.63) is 29.1 Å². The van der Waals surface area contributed by atoms with Gasteiger partial charge < -0.3 is 5.11 Å². The van der Waals surface area contributed by atoms with Crippen LogP contribution in [0.5, 0.6) is 0 Å². The molecule has 1 aromatic carbocycles. The van der Waals surface area contributed by atoms with Crippen LogP contribution in [0.3, 0.4) is 0 Å². The molecule has 8 heteroatoms. The summed E-state index contributed by atoms with van der Waals surface area (Å²) in [5.74, 6) is -0.608. The van der Waals surface area contributed by atoms with Gasteiger partial charge in [0.15, 0.2) is 0 Å². The molecule has 1 fully saturated rings. The average molecular weight is 333 g/mol. The van der Waals surface area contributed by atoms with Crippen molar-refractivity contribution in [1.82, 2.24) is 4.31 Å².